The highest BCUT2D eigenvalue weighted by Gasteiger charge is 2.25. The first kappa shape index (κ1) is 13.1. The predicted molar refractivity (Wildman–Crippen MR) is 70.7 cm³/mol. The summed E-state index contributed by atoms with van der Waals surface area (Å²) in [5.41, 5.74) is -0.0529. The third kappa shape index (κ3) is 2.38. The molecule has 0 spiro atoms. The number of hydrogen-bond donors (Lipinski definition) is 1. The van der Waals surface area contributed by atoms with E-state index in [4.69, 9.17) is 20.8 Å². The van der Waals surface area contributed by atoms with Crippen molar-refractivity contribution in [2.24, 2.45) is 0 Å². The van der Waals surface area contributed by atoms with Gasteiger partial charge in [0.1, 0.15) is 0 Å². The molecule has 1 N–H and O–H groups in total. The molecule has 7 heteroatoms. The van der Waals surface area contributed by atoms with Crippen LogP contribution in [0, 0.1) is 0 Å². The van der Waals surface area contributed by atoms with Crippen LogP contribution in [0.15, 0.2) is 22.7 Å². The Balaban J connectivity index is 1.95. The molecule has 3 rings (SSSR count). The number of carboxylic acids is 1. The Morgan fingerprint density at radius 2 is 2.20 bits per heavy atom. The van der Waals surface area contributed by atoms with Crippen LogP contribution < -0.4 is 4.74 Å². The number of hydrogen-bond acceptors (Lipinski definition) is 4. The maximum Gasteiger partial charge on any atom is 0.358 e. The zero-order chi connectivity index (χ0) is 14.1. The molecule has 20 heavy (non-hydrogen) atoms. The van der Waals surface area contributed by atoms with Gasteiger partial charge in [0.2, 0.25) is 5.88 Å². The number of nitrogens with zero attached hydrogens (tertiary/aromatic N) is 2. The summed E-state index contributed by atoms with van der Waals surface area (Å²) in [4.78, 5) is 11.4. The van der Waals surface area contributed by atoms with Crippen molar-refractivity contribution >= 4 is 17.6 Å². The Labute approximate surface area is 119 Å². The van der Waals surface area contributed by atoms with E-state index in [2.05, 4.69) is 5.10 Å². The lowest BCUT2D eigenvalue weighted by molar-refractivity contribution is 0.0678. The number of halogens is 1. The number of carboxylic acid groups (broad SMARTS) is 1. The van der Waals surface area contributed by atoms with E-state index in [-0.39, 0.29) is 28.7 Å². The number of aromatic carboxylic acids is 1. The second kappa shape index (κ2) is 5.20. The Morgan fingerprint density at radius 1 is 1.45 bits per heavy atom. The second-order valence-electron chi connectivity index (χ2n) is 4.68. The van der Waals surface area contributed by atoms with Crippen molar-refractivity contribution in [2.75, 3.05) is 0 Å². The zero-order valence-electron chi connectivity index (χ0n) is 10.6. The van der Waals surface area contributed by atoms with Gasteiger partial charge in [0, 0.05) is 6.07 Å². The molecule has 0 aromatic carbocycles. The van der Waals surface area contributed by atoms with E-state index in [1.807, 2.05) is 0 Å². The highest BCUT2D eigenvalue weighted by molar-refractivity contribution is 6.28. The molecule has 0 radical (unpaired) electrons. The highest BCUT2D eigenvalue weighted by Crippen LogP contribution is 2.28. The van der Waals surface area contributed by atoms with Gasteiger partial charge in [-0.05, 0) is 43.4 Å². The molecule has 2 aromatic rings. The lowest BCUT2D eigenvalue weighted by Gasteiger charge is -2.11. The van der Waals surface area contributed by atoms with E-state index in [0.29, 0.717) is 0 Å². The minimum Gasteiger partial charge on any atom is -0.486 e. The van der Waals surface area contributed by atoms with Gasteiger partial charge in [-0.1, -0.05) is 0 Å². The molecule has 0 aliphatic heterocycles. The van der Waals surface area contributed by atoms with Gasteiger partial charge in [-0.3, -0.25) is 0 Å². The van der Waals surface area contributed by atoms with E-state index >= 15 is 0 Å². The summed E-state index contributed by atoms with van der Waals surface area (Å²) >= 11 is 5.70. The molecule has 1 fully saturated rings. The van der Waals surface area contributed by atoms with Gasteiger partial charge in [0.05, 0.1) is 12.3 Å². The molecule has 1 aliphatic carbocycles. The standard InChI is InChI=1S/C13H13ClN2O4/c14-10-5-6-11(20-10)16-12(13(17)18)9(7-15-16)19-8-3-1-2-4-8/h5-8H,1-4H2,(H,17,18). The van der Waals surface area contributed by atoms with Crippen molar-refractivity contribution in [1.29, 1.82) is 0 Å². The third-order valence-corrected chi connectivity index (χ3v) is 3.50. The SMILES string of the molecule is O=C(O)c1c(OC2CCCC2)cnn1-c1ccc(Cl)o1. The molecule has 0 bridgehead atoms. The second-order valence-corrected chi connectivity index (χ2v) is 5.05. The fourth-order valence-corrected chi connectivity index (χ4v) is 2.53. The largest absolute Gasteiger partial charge is 0.486 e. The van der Waals surface area contributed by atoms with Crippen LogP contribution in [-0.2, 0) is 0 Å². The minimum absolute atomic E-state index is 0.0529. The Kier molecular flexibility index (Phi) is 3.40. The van der Waals surface area contributed by atoms with Gasteiger partial charge < -0.3 is 14.3 Å². The van der Waals surface area contributed by atoms with Crippen molar-refractivity contribution in [3.05, 3.63) is 29.2 Å². The van der Waals surface area contributed by atoms with Gasteiger partial charge in [-0.15, -0.1) is 0 Å². The Hall–Kier alpha value is -1.95. The first-order chi connectivity index (χ1) is 9.65. The van der Waals surface area contributed by atoms with Crippen molar-refractivity contribution in [2.45, 2.75) is 31.8 Å². The van der Waals surface area contributed by atoms with Crippen molar-refractivity contribution < 1.29 is 19.1 Å². The lowest BCUT2D eigenvalue weighted by atomic mass is 10.3. The summed E-state index contributed by atoms with van der Waals surface area (Å²) in [6.07, 6.45) is 5.56. The smallest absolute Gasteiger partial charge is 0.358 e. The molecule has 106 valence electrons. The summed E-state index contributed by atoms with van der Waals surface area (Å²) in [6, 6.07) is 3.09. The van der Waals surface area contributed by atoms with Crippen LogP contribution in [0.4, 0.5) is 0 Å². The average molecular weight is 297 g/mol. The molecule has 2 aromatic heterocycles. The highest BCUT2D eigenvalue weighted by atomic mass is 35.5. The predicted octanol–water partition coefficient (Wildman–Crippen LogP) is 3.14. The van der Waals surface area contributed by atoms with Crippen LogP contribution in [0.25, 0.3) is 5.88 Å². The maximum absolute atomic E-state index is 11.4. The van der Waals surface area contributed by atoms with E-state index < -0.39 is 5.97 Å². The van der Waals surface area contributed by atoms with Crippen LogP contribution in [0.3, 0.4) is 0 Å². The molecule has 0 atom stereocenters. The topological polar surface area (TPSA) is 77.5 Å². The van der Waals surface area contributed by atoms with Crippen molar-refractivity contribution in [3.63, 3.8) is 0 Å². The quantitative estimate of drug-likeness (QED) is 0.938. The first-order valence-corrected chi connectivity index (χ1v) is 6.76. The van der Waals surface area contributed by atoms with Gasteiger partial charge in [0.25, 0.3) is 0 Å². The number of furan rings is 1. The average Bonchev–Trinajstić information content (AvgIpc) is 3.09. The lowest BCUT2D eigenvalue weighted by Crippen LogP contribution is -2.14. The maximum atomic E-state index is 11.4. The molecule has 0 unspecified atom stereocenters. The van der Waals surface area contributed by atoms with Crippen molar-refractivity contribution in [3.8, 4) is 11.6 Å². The molecular weight excluding hydrogens is 284 g/mol. The zero-order valence-corrected chi connectivity index (χ0v) is 11.3. The normalized spacial score (nSPS) is 15.7. The number of aromatic nitrogens is 2. The van der Waals surface area contributed by atoms with Crippen LogP contribution in [0.1, 0.15) is 36.2 Å². The van der Waals surface area contributed by atoms with E-state index in [9.17, 15) is 9.90 Å². The Bertz CT molecular complexity index is 628. The number of rotatable bonds is 4. The summed E-state index contributed by atoms with van der Waals surface area (Å²) in [5.74, 6) is -0.617. The monoisotopic (exact) mass is 296 g/mol. The first-order valence-electron chi connectivity index (χ1n) is 6.39. The van der Waals surface area contributed by atoms with Gasteiger partial charge in [-0.2, -0.15) is 9.78 Å². The van der Waals surface area contributed by atoms with E-state index in [1.54, 1.807) is 6.07 Å². The molecule has 0 saturated heterocycles. The third-order valence-electron chi connectivity index (χ3n) is 3.30. The van der Waals surface area contributed by atoms with Gasteiger partial charge >= 0.3 is 5.97 Å². The van der Waals surface area contributed by atoms with Crippen LogP contribution in [-0.4, -0.2) is 27.0 Å². The molecular formula is C13H13ClN2O4. The molecule has 1 saturated carbocycles. The number of ether oxygens (including phenoxy) is 1. The number of carbonyl (C=O) groups is 1. The summed E-state index contributed by atoms with van der Waals surface area (Å²) in [6.45, 7) is 0. The molecule has 1 aliphatic rings. The molecule has 6 nitrogen and oxygen atoms in total. The molecule has 0 amide bonds. The minimum atomic E-state index is -1.12. The van der Waals surface area contributed by atoms with Crippen LogP contribution >= 0.6 is 11.6 Å². The van der Waals surface area contributed by atoms with Crippen LogP contribution in [0.2, 0.25) is 5.22 Å². The molecule has 2 heterocycles. The summed E-state index contributed by atoms with van der Waals surface area (Å²) in [5, 5.41) is 13.6. The van der Waals surface area contributed by atoms with E-state index in [0.717, 1.165) is 25.7 Å². The van der Waals surface area contributed by atoms with Gasteiger partial charge in [0.15, 0.2) is 16.7 Å². The Morgan fingerprint density at radius 3 is 2.80 bits per heavy atom. The summed E-state index contributed by atoms with van der Waals surface area (Å²) in [7, 11) is 0. The van der Waals surface area contributed by atoms with Crippen molar-refractivity contribution in [1.82, 2.24) is 9.78 Å². The van der Waals surface area contributed by atoms with Gasteiger partial charge in [-0.25, -0.2) is 4.79 Å². The van der Waals surface area contributed by atoms with E-state index in [1.165, 1.54) is 16.9 Å². The van der Waals surface area contributed by atoms with Crippen LogP contribution in [0.5, 0.6) is 5.75 Å². The summed E-state index contributed by atoms with van der Waals surface area (Å²) < 4.78 is 12.1. The fraction of sp³-hybridized carbons (Fsp3) is 0.385. The fourth-order valence-electron chi connectivity index (χ4n) is 2.39.